The van der Waals surface area contributed by atoms with E-state index in [9.17, 15) is 32.2 Å². The molecule has 3 aliphatic carbocycles. The highest BCUT2D eigenvalue weighted by Crippen LogP contribution is 2.63. The van der Waals surface area contributed by atoms with Gasteiger partial charge in [-0.1, -0.05) is 32.3 Å². The lowest BCUT2D eigenvalue weighted by atomic mass is 9.54. The molecule has 0 bridgehead atoms. The third kappa shape index (κ3) is 7.56. The number of thioether (sulfide) groups is 1. The number of alkyl halides is 6. The second-order valence-electron chi connectivity index (χ2n) is 13.3. The lowest BCUT2D eigenvalue weighted by Gasteiger charge is -2.54. The van der Waals surface area contributed by atoms with E-state index in [1.807, 2.05) is 24.9 Å². The summed E-state index contributed by atoms with van der Waals surface area (Å²) >= 11 is 1.92. The van der Waals surface area contributed by atoms with E-state index in [0.717, 1.165) is 74.9 Å². The molecule has 1 aromatic carbocycles. The van der Waals surface area contributed by atoms with Crippen molar-refractivity contribution < 1.29 is 36.6 Å². The maximum atomic E-state index is 15.9. The molecule has 0 heterocycles. The number of phenolic OH excluding ortho intramolecular Hbond substituents is 1. The number of aromatic hydroxyl groups is 1. The molecule has 2 saturated carbocycles. The number of aliphatic hydroxyl groups excluding tert-OH is 1. The van der Waals surface area contributed by atoms with Crippen LogP contribution in [0, 0.1) is 17.3 Å². The maximum absolute atomic E-state index is 15.9. The van der Waals surface area contributed by atoms with Gasteiger partial charge in [-0.15, -0.1) is 0 Å². The zero-order chi connectivity index (χ0) is 30.7. The second-order valence-corrected chi connectivity index (χ2v) is 14.6. The van der Waals surface area contributed by atoms with Gasteiger partial charge in [0.1, 0.15) is 11.9 Å². The summed E-state index contributed by atoms with van der Waals surface area (Å²) in [5.41, 5.74) is 1.70. The fourth-order valence-electron chi connectivity index (χ4n) is 7.94. The highest BCUT2D eigenvalue weighted by molar-refractivity contribution is 7.99. The van der Waals surface area contributed by atoms with E-state index >= 15 is 4.39 Å². The summed E-state index contributed by atoms with van der Waals surface area (Å²) in [4.78, 5) is 2.23. The van der Waals surface area contributed by atoms with Gasteiger partial charge < -0.3 is 15.1 Å². The van der Waals surface area contributed by atoms with Crippen LogP contribution >= 0.6 is 11.8 Å². The van der Waals surface area contributed by atoms with Crippen molar-refractivity contribution in [3.8, 4) is 5.75 Å². The average Bonchev–Trinajstić information content (AvgIpc) is 3.20. The first kappa shape index (κ1) is 33.8. The van der Waals surface area contributed by atoms with Crippen molar-refractivity contribution in [1.82, 2.24) is 4.90 Å². The van der Waals surface area contributed by atoms with Crippen molar-refractivity contribution in [3.05, 3.63) is 29.3 Å². The van der Waals surface area contributed by atoms with E-state index in [-0.39, 0.29) is 40.6 Å². The van der Waals surface area contributed by atoms with Crippen LogP contribution in [0.1, 0.15) is 94.6 Å². The van der Waals surface area contributed by atoms with Crippen LogP contribution in [0.25, 0.3) is 0 Å². The van der Waals surface area contributed by atoms with E-state index in [0.29, 0.717) is 19.3 Å². The second kappa shape index (κ2) is 13.9. The third-order valence-corrected chi connectivity index (χ3v) is 11.7. The van der Waals surface area contributed by atoms with Crippen molar-refractivity contribution in [2.45, 2.75) is 120 Å². The molecule has 0 amide bonds. The van der Waals surface area contributed by atoms with Gasteiger partial charge in [0.15, 0.2) is 0 Å². The van der Waals surface area contributed by atoms with Crippen LogP contribution in [0.4, 0.5) is 26.3 Å². The highest BCUT2D eigenvalue weighted by atomic mass is 32.2. The number of hydrogen-bond donors (Lipinski definition) is 2. The Labute approximate surface area is 250 Å². The summed E-state index contributed by atoms with van der Waals surface area (Å²) < 4.78 is 78.5. The third-order valence-electron chi connectivity index (χ3n) is 10.3. The zero-order valence-electron chi connectivity index (χ0n) is 24.8. The Morgan fingerprint density at radius 3 is 2.36 bits per heavy atom. The number of phenols is 1. The van der Waals surface area contributed by atoms with Gasteiger partial charge in [0.2, 0.25) is 0 Å². The normalized spacial score (nSPS) is 31.2. The van der Waals surface area contributed by atoms with Gasteiger partial charge >= 0.3 is 12.1 Å². The molecular formula is C32H47F6NO2S. The van der Waals surface area contributed by atoms with E-state index < -0.39 is 30.8 Å². The minimum atomic E-state index is -5.46. The lowest BCUT2D eigenvalue weighted by molar-refractivity contribution is -0.284. The molecule has 3 nitrogen and oxygen atoms in total. The summed E-state index contributed by atoms with van der Waals surface area (Å²) in [5, 5.41) is 21.2. The topological polar surface area (TPSA) is 43.7 Å². The smallest absolute Gasteiger partial charge is 0.453 e. The van der Waals surface area contributed by atoms with Crippen molar-refractivity contribution in [2.24, 2.45) is 17.3 Å². The molecule has 4 rings (SSSR count). The molecule has 0 radical (unpaired) electrons. The summed E-state index contributed by atoms with van der Waals surface area (Å²) in [6.45, 7) is 3.86. The predicted octanol–water partition coefficient (Wildman–Crippen LogP) is 8.52. The van der Waals surface area contributed by atoms with Gasteiger partial charge in [-0.25, -0.2) is 4.39 Å². The zero-order valence-corrected chi connectivity index (χ0v) is 25.6. The van der Waals surface area contributed by atoms with Gasteiger partial charge in [-0.3, -0.25) is 0 Å². The van der Waals surface area contributed by atoms with Crippen LogP contribution in [0.5, 0.6) is 5.75 Å². The van der Waals surface area contributed by atoms with E-state index in [4.69, 9.17) is 0 Å². The molecule has 0 aromatic heterocycles. The highest BCUT2D eigenvalue weighted by Gasteiger charge is 2.60. The fourth-order valence-corrected chi connectivity index (χ4v) is 9.49. The Bertz CT molecular complexity index is 1030. The Morgan fingerprint density at radius 1 is 0.976 bits per heavy atom. The van der Waals surface area contributed by atoms with Crippen molar-refractivity contribution in [2.75, 3.05) is 25.9 Å². The lowest BCUT2D eigenvalue weighted by Crippen LogP contribution is -2.52. The molecule has 10 heteroatoms. The molecule has 0 unspecified atom stereocenters. The number of halogens is 6. The van der Waals surface area contributed by atoms with Crippen LogP contribution in [-0.4, -0.2) is 70.6 Å². The molecule has 0 saturated heterocycles. The predicted molar refractivity (Wildman–Crippen MR) is 156 cm³/mol. The summed E-state index contributed by atoms with van der Waals surface area (Å²) in [5.74, 6) is -3.15. The molecule has 3 aliphatic rings. The van der Waals surface area contributed by atoms with Gasteiger partial charge in [0.25, 0.3) is 0 Å². The minimum absolute atomic E-state index is 0.123. The van der Waals surface area contributed by atoms with E-state index in [1.54, 1.807) is 12.1 Å². The summed E-state index contributed by atoms with van der Waals surface area (Å²) in [6.07, 6.45) is -0.574. The standard InChI is InChI=1S/C32H47F6NO2S/c1-30-20-25(33)28-23-11-10-22(40)18-21(23)19-26(29(28)24(30)12-13-27(30)41)42-17-9-8-16-39(2)15-7-5-3-4-6-14-31(34,35)32(36,37)38/h10-11,18,24-29,40-41H,3-9,12-17,19-20H2,1-2H3/t24-,25-,26+,27-,28-,29+,30-/m0/s1. The molecule has 240 valence electrons. The number of fused-ring (bicyclic) bond motifs is 5. The average molecular weight is 624 g/mol. The molecule has 0 aliphatic heterocycles. The van der Waals surface area contributed by atoms with Crippen LogP contribution < -0.4 is 0 Å². The van der Waals surface area contributed by atoms with Gasteiger partial charge in [0.05, 0.1) is 6.10 Å². The largest absolute Gasteiger partial charge is 0.508 e. The molecule has 2 fully saturated rings. The SMILES string of the molecule is CN(CCCCCCCC(F)(F)C(F)(F)F)CCCCS[C@@H]1Cc2cc(O)ccc2[C@@H]2[C@@H]1[C@@H]1CC[C@H](O)[C@@]1(C)C[C@@H]2F. The Hall–Kier alpha value is -1.13. The van der Waals surface area contributed by atoms with Crippen molar-refractivity contribution >= 4 is 11.8 Å². The number of benzene rings is 1. The minimum Gasteiger partial charge on any atom is -0.508 e. The van der Waals surface area contributed by atoms with Crippen LogP contribution in [0.15, 0.2) is 18.2 Å². The van der Waals surface area contributed by atoms with Gasteiger partial charge in [-0.05, 0) is 118 Å². The fraction of sp³-hybridized carbons (Fsp3) is 0.812. The van der Waals surface area contributed by atoms with Crippen LogP contribution in [-0.2, 0) is 6.42 Å². The number of rotatable bonds is 14. The number of unbranched alkanes of at least 4 members (excludes halogenated alkanes) is 5. The maximum Gasteiger partial charge on any atom is 0.453 e. The Morgan fingerprint density at radius 2 is 1.64 bits per heavy atom. The first-order valence-electron chi connectivity index (χ1n) is 15.6. The first-order valence-corrected chi connectivity index (χ1v) is 16.7. The molecule has 42 heavy (non-hydrogen) atoms. The Kier molecular flexibility index (Phi) is 11.2. The van der Waals surface area contributed by atoms with Gasteiger partial charge in [0, 0.05) is 17.6 Å². The molecule has 2 N–H and O–H groups in total. The molecular weight excluding hydrogens is 576 g/mol. The van der Waals surface area contributed by atoms with E-state index in [2.05, 4.69) is 11.8 Å². The van der Waals surface area contributed by atoms with Gasteiger partial charge in [-0.2, -0.15) is 33.7 Å². The monoisotopic (exact) mass is 623 g/mol. The number of aliphatic hydroxyl groups is 1. The first-order chi connectivity index (χ1) is 19.7. The van der Waals surface area contributed by atoms with Crippen LogP contribution in [0.3, 0.4) is 0 Å². The molecule has 0 spiro atoms. The number of nitrogens with zero attached hydrogens (tertiary/aromatic N) is 1. The Balaban J connectivity index is 1.19. The van der Waals surface area contributed by atoms with Crippen molar-refractivity contribution in [3.63, 3.8) is 0 Å². The quantitative estimate of drug-likeness (QED) is 0.161. The molecule has 1 aromatic rings. The van der Waals surface area contributed by atoms with Crippen molar-refractivity contribution in [1.29, 1.82) is 0 Å². The summed E-state index contributed by atoms with van der Waals surface area (Å²) in [6, 6.07) is 5.38. The summed E-state index contributed by atoms with van der Waals surface area (Å²) in [7, 11) is 2.04. The molecule has 7 atom stereocenters. The number of hydrogen-bond acceptors (Lipinski definition) is 4. The van der Waals surface area contributed by atoms with E-state index in [1.165, 1.54) is 0 Å². The van der Waals surface area contributed by atoms with Crippen LogP contribution in [0.2, 0.25) is 0 Å².